The van der Waals surface area contributed by atoms with E-state index in [1.807, 2.05) is 20.0 Å². The van der Waals surface area contributed by atoms with Gasteiger partial charge in [-0.1, -0.05) is 22.9 Å². The number of anilines is 1. The van der Waals surface area contributed by atoms with Crippen molar-refractivity contribution in [3.05, 3.63) is 17.6 Å². The molecule has 0 saturated carbocycles. The molecule has 1 aromatic heterocycles. The van der Waals surface area contributed by atoms with E-state index >= 15 is 0 Å². The Hall–Kier alpha value is -0.640. The first-order valence-electron chi connectivity index (χ1n) is 5.76. The Bertz CT molecular complexity index is 381. The van der Waals surface area contributed by atoms with Crippen LogP contribution < -0.4 is 4.90 Å². The van der Waals surface area contributed by atoms with Crippen LogP contribution in [0.15, 0.2) is 6.20 Å². The minimum absolute atomic E-state index is 0.551. The fourth-order valence-electron chi connectivity index (χ4n) is 2.30. The molecular weight excluding hydrogens is 266 g/mol. The first kappa shape index (κ1) is 11.8. The zero-order chi connectivity index (χ0) is 11.7. The fraction of sp³-hybridized carbons (Fsp3) is 0.667. The van der Waals surface area contributed by atoms with Crippen LogP contribution in [0.3, 0.4) is 0 Å². The van der Waals surface area contributed by atoms with Gasteiger partial charge in [0.1, 0.15) is 0 Å². The van der Waals surface area contributed by atoms with Gasteiger partial charge in [0.05, 0.1) is 11.4 Å². The highest BCUT2D eigenvalue weighted by Crippen LogP contribution is 2.30. The van der Waals surface area contributed by atoms with Gasteiger partial charge in [0.2, 0.25) is 0 Å². The van der Waals surface area contributed by atoms with Crippen molar-refractivity contribution in [3.8, 4) is 0 Å². The van der Waals surface area contributed by atoms with E-state index in [0.29, 0.717) is 6.04 Å². The normalized spacial score (nSPS) is 25.1. The quantitative estimate of drug-likeness (QED) is 0.782. The summed E-state index contributed by atoms with van der Waals surface area (Å²) in [7, 11) is 0. The molecule has 3 nitrogen and oxygen atoms in total. The van der Waals surface area contributed by atoms with E-state index in [1.54, 1.807) is 0 Å². The summed E-state index contributed by atoms with van der Waals surface area (Å²) in [6.45, 7) is 7.44. The van der Waals surface area contributed by atoms with Crippen molar-refractivity contribution in [2.45, 2.75) is 33.2 Å². The van der Waals surface area contributed by atoms with E-state index in [-0.39, 0.29) is 0 Å². The molecule has 2 atom stereocenters. The summed E-state index contributed by atoms with van der Waals surface area (Å²) >= 11 is 3.61. The zero-order valence-electron chi connectivity index (χ0n) is 10.1. The number of nitrogens with zero attached hydrogens (tertiary/aromatic N) is 3. The third kappa shape index (κ3) is 2.08. The number of aromatic nitrogens is 2. The number of aryl methyl sites for hydroxylation is 2. The standard InChI is InChI=1S/C12H18BrN3/c1-8-4-5-16(11(8)6-13)12-10(3)14-7-9(2)15-12/h7-8,11H,4-6H2,1-3H3. The molecule has 0 spiro atoms. The second-order valence-corrected chi connectivity index (χ2v) is 5.25. The average molecular weight is 284 g/mol. The number of rotatable bonds is 2. The minimum atomic E-state index is 0.551. The monoisotopic (exact) mass is 283 g/mol. The first-order valence-corrected chi connectivity index (χ1v) is 6.88. The van der Waals surface area contributed by atoms with Gasteiger partial charge in [0, 0.05) is 24.1 Å². The summed E-state index contributed by atoms with van der Waals surface area (Å²) in [4.78, 5) is 11.4. The zero-order valence-corrected chi connectivity index (χ0v) is 11.7. The van der Waals surface area contributed by atoms with Gasteiger partial charge in [-0.2, -0.15) is 0 Å². The number of alkyl halides is 1. The summed E-state index contributed by atoms with van der Waals surface area (Å²) in [5.74, 6) is 1.79. The Morgan fingerprint density at radius 3 is 2.94 bits per heavy atom. The molecule has 0 amide bonds. The van der Waals surface area contributed by atoms with Gasteiger partial charge in [-0.25, -0.2) is 4.98 Å². The van der Waals surface area contributed by atoms with Gasteiger partial charge in [-0.05, 0) is 26.2 Å². The van der Waals surface area contributed by atoms with Crippen LogP contribution in [0.4, 0.5) is 5.82 Å². The molecule has 1 saturated heterocycles. The molecule has 1 fully saturated rings. The lowest BCUT2D eigenvalue weighted by Crippen LogP contribution is -2.34. The topological polar surface area (TPSA) is 29.0 Å². The van der Waals surface area contributed by atoms with Gasteiger partial charge in [-0.3, -0.25) is 4.98 Å². The molecule has 1 aromatic rings. The van der Waals surface area contributed by atoms with Crippen LogP contribution in [0.1, 0.15) is 24.7 Å². The molecule has 0 aromatic carbocycles. The van der Waals surface area contributed by atoms with Crippen LogP contribution in [0, 0.1) is 19.8 Å². The van der Waals surface area contributed by atoms with Crippen molar-refractivity contribution in [2.24, 2.45) is 5.92 Å². The van der Waals surface area contributed by atoms with E-state index in [2.05, 4.69) is 37.7 Å². The molecule has 88 valence electrons. The van der Waals surface area contributed by atoms with E-state index in [0.717, 1.165) is 35.0 Å². The molecule has 16 heavy (non-hydrogen) atoms. The SMILES string of the molecule is Cc1cnc(C)c(N2CCC(C)C2CBr)n1. The van der Waals surface area contributed by atoms with Crippen LogP contribution in [-0.4, -0.2) is 27.9 Å². The lowest BCUT2D eigenvalue weighted by Gasteiger charge is -2.27. The van der Waals surface area contributed by atoms with E-state index in [9.17, 15) is 0 Å². The van der Waals surface area contributed by atoms with E-state index in [4.69, 9.17) is 0 Å². The molecule has 0 radical (unpaired) electrons. The second-order valence-electron chi connectivity index (χ2n) is 4.60. The molecule has 2 unspecified atom stereocenters. The fourth-order valence-corrected chi connectivity index (χ4v) is 3.29. The molecule has 1 aliphatic rings. The summed E-state index contributed by atoms with van der Waals surface area (Å²) in [5, 5.41) is 1.00. The summed E-state index contributed by atoms with van der Waals surface area (Å²) in [6, 6.07) is 0.551. The highest BCUT2D eigenvalue weighted by molar-refractivity contribution is 9.09. The Morgan fingerprint density at radius 1 is 1.50 bits per heavy atom. The number of hydrogen-bond acceptors (Lipinski definition) is 3. The Kier molecular flexibility index (Phi) is 3.47. The lowest BCUT2D eigenvalue weighted by molar-refractivity contribution is 0.552. The predicted molar refractivity (Wildman–Crippen MR) is 70.2 cm³/mol. The molecule has 1 aliphatic heterocycles. The van der Waals surface area contributed by atoms with Gasteiger partial charge in [0.25, 0.3) is 0 Å². The number of halogens is 1. The molecule has 2 heterocycles. The van der Waals surface area contributed by atoms with Gasteiger partial charge in [-0.15, -0.1) is 0 Å². The van der Waals surface area contributed by atoms with E-state index < -0.39 is 0 Å². The van der Waals surface area contributed by atoms with Crippen LogP contribution >= 0.6 is 15.9 Å². The Balaban J connectivity index is 2.33. The average Bonchev–Trinajstić information content (AvgIpc) is 2.63. The van der Waals surface area contributed by atoms with Crippen molar-refractivity contribution in [3.63, 3.8) is 0 Å². The summed E-state index contributed by atoms with van der Waals surface area (Å²) < 4.78 is 0. The van der Waals surface area contributed by atoms with E-state index in [1.165, 1.54) is 6.42 Å². The van der Waals surface area contributed by atoms with Crippen LogP contribution in [-0.2, 0) is 0 Å². The van der Waals surface area contributed by atoms with Gasteiger partial charge in [0.15, 0.2) is 5.82 Å². The molecule has 2 rings (SSSR count). The summed E-state index contributed by atoms with van der Waals surface area (Å²) in [5.41, 5.74) is 2.03. The second kappa shape index (κ2) is 4.70. The molecule has 0 N–H and O–H groups in total. The maximum Gasteiger partial charge on any atom is 0.150 e. The van der Waals surface area contributed by atoms with Crippen LogP contribution in [0.5, 0.6) is 0 Å². The molecular formula is C12H18BrN3. The van der Waals surface area contributed by atoms with Crippen LogP contribution in [0.2, 0.25) is 0 Å². The maximum absolute atomic E-state index is 4.63. The van der Waals surface area contributed by atoms with Crippen molar-refractivity contribution in [1.82, 2.24) is 9.97 Å². The van der Waals surface area contributed by atoms with Crippen LogP contribution in [0.25, 0.3) is 0 Å². The van der Waals surface area contributed by atoms with Gasteiger partial charge >= 0.3 is 0 Å². The molecule has 4 heteroatoms. The predicted octanol–water partition coefficient (Wildman–Crippen LogP) is 2.70. The van der Waals surface area contributed by atoms with Crippen molar-refractivity contribution < 1.29 is 0 Å². The minimum Gasteiger partial charge on any atom is -0.351 e. The lowest BCUT2D eigenvalue weighted by atomic mass is 10.1. The highest BCUT2D eigenvalue weighted by atomic mass is 79.9. The number of hydrogen-bond donors (Lipinski definition) is 0. The van der Waals surface area contributed by atoms with Gasteiger partial charge < -0.3 is 4.90 Å². The first-order chi connectivity index (χ1) is 7.63. The maximum atomic E-state index is 4.63. The largest absolute Gasteiger partial charge is 0.351 e. The van der Waals surface area contributed by atoms with Crippen molar-refractivity contribution in [1.29, 1.82) is 0 Å². The van der Waals surface area contributed by atoms with Crippen molar-refractivity contribution >= 4 is 21.7 Å². The smallest absolute Gasteiger partial charge is 0.150 e. The van der Waals surface area contributed by atoms with Crippen molar-refractivity contribution in [2.75, 3.05) is 16.8 Å². The Morgan fingerprint density at radius 2 is 2.25 bits per heavy atom. The summed E-state index contributed by atoms with van der Waals surface area (Å²) in [6.07, 6.45) is 3.08. The third-order valence-electron chi connectivity index (χ3n) is 3.36. The third-order valence-corrected chi connectivity index (χ3v) is 4.03. The molecule has 0 bridgehead atoms. The Labute approximate surface area is 105 Å². The molecule has 0 aliphatic carbocycles. The highest BCUT2D eigenvalue weighted by Gasteiger charge is 2.32.